The Morgan fingerprint density at radius 2 is 2.12 bits per heavy atom. The maximum absolute atomic E-state index is 13.5. The number of nitrogens with two attached hydrogens (primary N) is 1. The molecule has 1 saturated carbocycles. The van der Waals surface area contributed by atoms with E-state index in [1.807, 2.05) is 6.92 Å². The molecule has 3 heterocycles. The van der Waals surface area contributed by atoms with Gasteiger partial charge >= 0.3 is 0 Å². The standard InChI is InChI=1S/C21H30N4O/c1-14-4-3-5-17-15(2)24-19(22)12-25(20(14)17)11-18(26)21-8-6-16(7-9-21)10-23-13-21/h3-5,16,19,23H,6-13,22H2,1-2H3. The summed E-state index contributed by atoms with van der Waals surface area (Å²) in [5.41, 5.74) is 10.4. The molecule has 5 heteroatoms. The summed E-state index contributed by atoms with van der Waals surface area (Å²) in [7, 11) is 0. The molecule has 0 amide bonds. The van der Waals surface area contributed by atoms with E-state index >= 15 is 0 Å². The summed E-state index contributed by atoms with van der Waals surface area (Å²) in [5, 5.41) is 3.54. The van der Waals surface area contributed by atoms with E-state index in [1.165, 1.54) is 18.4 Å². The molecule has 3 aliphatic heterocycles. The first-order valence-corrected chi connectivity index (χ1v) is 9.87. The minimum atomic E-state index is -0.296. The van der Waals surface area contributed by atoms with Gasteiger partial charge < -0.3 is 16.0 Å². The largest absolute Gasteiger partial charge is 0.360 e. The summed E-state index contributed by atoms with van der Waals surface area (Å²) in [6, 6.07) is 6.25. The molecule has 1 atom stereocenters. The van der Waals surface area contributed by atoms with Crippen molar-refractivity contribution in [2.45, 2.75) is 45.7 Å². The maximum atomic E-state index is 13.5. The molecule has 2 bridgehead atoms. The van der Waals surface area contributed by atoms with Gasteiger partial charge in [0.1, 0.15) is 6.17 Å². The summed E-state index contributed by atoms with van der Waals surface area (Å²) in [5.74, 6) is 1.12. The molecule has 0 radical (unpaired) electrons. The van der Waals surface area contributed by atoms with E-state index in [1.54, 1.807) is 0 Å². The van der Waals surface area contributed by atoms with Crippen LogP contribution in [0.3, 0.4) is 0 Å². The fourth-order valence-corrected chi connectivity index (χ4v) is 5.04. The van der Waals surface area contributed by atoms with Gasteiger partial charge in [-0.1, -0.05) is 18.2 Å². The van der Waals surface area contributed by atoms with Crippen molar-refractivity contribution in [2.75, 3.05) is 31.1 Å². The van der Waals surface area contributed by atoms with Gasteiger partial charge in [-0.15, -0.1) is 0 Å². The molecule has 26 heavy (non-hydrogen) atoms. The fraction of sp³-hybridized carbons (Fsp3) is 0.619. The molecular formula is C21H30N4O. The predicted octanol–water partition coefficient (Wildman–Crippen LogP) is 2.26. The average molecular weight is 354 g/mol. The van der Waals surface area contributed by atoms with Crippen LogP contribution in [0.15, 0.2) is 23.2 Å². The number of nitrogens with one attached hydrogen (secondary N) is 1. The fourth-order valence-electron chi connectivity index (χ4n) is 5.04. The van der Waals surface area contributed by atoms with E-state index in [0.29, 0.717) is 18.9 Å². The Balaban J connectivity index is 1.64. The van der Waals surface area contributed by atoms with E-state index < -0.39 is 0 Å². The smallest absolute Gasteiger partial charge is 0.159 e. The van der Waals surface area contributed by atoms with Crippen LogP contribution in [-0.4, -0.2) is 43.8 Å². The first-order chi connectivity index (χ1) is 12.5. The normalized spacial score (nSPS) is 31.0. The van der Waals surface area contributed by atoms with Crippen molar-refractivity contribution in [2.24, 2.45) is 22.1 Å². The topological polar surface area (TPSA) is 70.7 Å². The molecular weight excluding hydrogens is 324 g/mol. The summed E-state index contributed by atoms with van der Waals surface area (Å²) in [6.45, 7) is 7.04. The van der Waals surface area contributed by atoms with Crippen LogP contribution in [0.2, 0.25) is 0 Å². The second-order valence-corrected chi connectivity index (χ2v) is 8.41. The van der Waals surface area contributed by atoms with Crippen molar-refractivity contribution >= 4 is 17.2 Å². The number of benzodiazepines with no additional fused rings is 1. The molecule has 0 spiro atoms. The molecule has 2 saturated heterocycles. The summed E-state index contributed by atoms with van der Waals surface area (Å²) >= 11 is 0. The van der Waals surface area contributed by atoms with E-state index in [2.05, 4.69) is 40.3 Å². The number of Topliss-reactive ketones (excluding diaryl/α,β-unsaturated/α-hetero) is 1. The number of fused-ring (bicyclic) bond motifs is 5. The number of hydrogen-bond acceptors (Lipinski definition) is 5. The number of para-hydroxylation sites is 1. The molecule has 3 N–H and O–H groups in total. The lowest BCUT2D eigenvalue weighted by molar-refractivity contribution is -0.128. The van der Waals surface area contributed by atoms with Crippen LogP contribution in [0, 0.1) is 18.3 Å². The molecule has 5 rings (SSSR count). The number of carbonyl (C=O) groups excluding carboxylic acids is 1. The Kier molecular flexibility index (Phi) is 4.61. The highest BCUT2D eigenvalue weighted by Gasteiger charge is 2.44. The second-order valence-electron chi connectivity index (χ2n) is 8.41. The van der Waals surface area contributed by atoms with Gasteiger partial charge in [0, 0.05) is 28.9 Å². The number of aliphatic imine (C=N–C) groups is 1. The average Bonchev–Trinajstić information content (AvgIpc) is 3.00. The number of nitrogens with zero attached hydrogens (tertiary/aromatic N) is 2. The number of ketones is 1. The van der Waals surface area contributed by atoms with Crippen molar-refractivity contribution in [1.29, 1.82) is 0 Å². The van der Waals surface area contributed by atoms with Crippen molar-refractivity contribution in [3.8, 4) is 0 Å². The van der Waals surface area contributed by atoms with Gasteiger partial charge in [-0.2, -0.15) is 0 Å². The maximum Gasteiger partial charge on any atom is 0.159 e. The highest BCUT2D eigenvalue weighted by Crippen LogP contribution is 2.42. The number of aryl methyl sites for hydroxylation is 1. The van der Waals surface area contributed by atoms with E-state index in [4.69, 9.17) is 5.73 Å². The monoisotopic (exact) mass is 354 g/mol. The molecule has 1 unspecified atom stereocenters. The Hall–Kier alpha value is -1.72. The molecule has 140 valence electrons. The highest BCUT2D eigenvalue weighted by atomic mass is 16.1. The number of anilines is 1. The van der Waals surface area contributed by atoms with Gasteiger partial charge in [0.25, 0.3) is 0 Å². The lowest BCUT2D eigenvalue weighted by atomic mass is 9.69. The summed E-state index contributed by atoms with van der Waals surface area (Å²) < 4.78 is 0. The van der Waals surface area contributed by atoms with Crippen molar-refractivity contribution in [1.82, 2.24) is 5.32 Å². The Morgan fingerprint density at radius 3 is 2.88 bits per heavy atom. The minimum Gasteiger partial charge on any atom is -0.360 e. The van der Waals surface area contributed by atoms with Crippen molar-refractivity contribution < 1.29 is 4.79 Å². The van der Waals surface area contributed by atoms with Crippen LogP contribution in [0.1, 0.15) is 43.7 Å². The van der Waals surface area contributed by atoms with Crippen LogP contribution >= 0.6 is 0 Å². The molecule has 1 aromatic rings. The van der Waals surface area contributed by atoms with Gasteiger partial charge in [0.05, 0.1) is 13.1 Å². The quantitative estimate of drug-likeness (QED) is 0.873. The second kappa shape index (κ2) is 6.78. The third kappa shape index (κ3) is 3.08. The van der Waals surface area contributed by atoms with Gasteiger partial charge in [-0.3, -0.25) is 9.79 Å². The lowest BCUT2D eigenvalue weighted by Gasteiger charge is -2.37. The minimum absolute atomic E-state index is 0.192. The molecule has 0 aromatic heterocycles. The molecule has 1 aromatic carbocycles. The number of hydrogen-bond donors (Lipinski definition) is 2. The van der Waals surface area contributed by atoms with E-state index in [0.717, 1.165) is 48.8 Å². The van der Waals surface area contributed by atoms with Crippen LogP contribution in [0.25, 0.3) is 0 Å². The molecule has 1 aliphatic carbocycles. The van der Waals surface area contributed by atoms with Gasteiger partial charge in [0.15, 0.2) is 5.78 Å². The first-order valence-electron chi connectivity index (χ1n) is 9.87. The predicted molar refractivity (Wildman–Crippen MR) is 106 cm³/mol. The number of carbonyl (C=O) groups is 1. The first kappa shape index (κ1) is 17.7. The summed E-state index contributed by atoms with van der Waals surface area (Å²) in [4.78, 5) is 20.3. The van der Waals surface area contributed by atoms with Crippen molar-refractivity contribution in [3.05, 3.63) is 29.3 Å². The number of benzene rings is 1. The van der Waals surface area contributed by atoms with E-state index in [-0.39, 0.29) is 11.6 Å². The van der Waals surface area contributed by atoms with Crippen LogP contribution in [-0.2, 0) is 4.79 Å². The third-order valence-electron chi connectivity index (χ3n) is 6.60. The zero-order valence-corrected chi connectivity index (χ0v) is 15.9. The number of rotatable bonds is 3. The molecule has 3 fully saturated rings. The van der Waals surface area contributed by atoms with Gasteiger partial charge in [0.2, 0.25) is 0 Å². The Morgan fingerprint density at radius 1 is 1.35 bits per heavy atom. The zero-order chi connectivity index (χ0) is 18.3. The van der Waals surface area contributed by atoms with Crippen LogP contribution in [0.4, 0.5) is 5.69 Å². The van der Waals surface area contributed by atoms with Gasteiger partial charge in [-0.05, 0) is 57.6 Å². The Labute approximate surface area is 156 Å². The van der Waals surface area contributed by atoms with Gasteiger partial charge in [-0.25, -0.2) is 0 Å². The lowest BCUT2D eigenvalue weighted by Crippen LogP contribution is -2.47. The molecule has 5 nitrogen and oxygen atoms in total. The SMILES string of the molecule is CC1=NC(N)CN(CC(=O)C23CCC(CC2)CNC3)c2c(C)cccc21. The zero-order valence-electron chi connectivity index (χ0n) is 15.9. The molecule has 4 aliphatic rings. The van der Waals surface area contributed by atoms with E-state index in [9.17, 15) is 4.79 Å². The van der Waals surface area contributed by atoms with Crippen molar-refractivity contribution in [3.63, 3.8) is 0 Å². The summed E-state index contributed by atoms with van der Waals surface area (Å²) in [6.07, 6.45) is 4.11. The highest BCUT2D eigenvalue weighted by molar-refractivity contribution is 6.05. The third-order valence-corrected chi connectivity index (χ3v) is 6.60. The van der Waals surface area contributed by atoms with Crippen LogP contribution in [0.5, 0.6) is 0 Å². The Bertz CT molecular complexity index is 728. The van der Waals surface area contributed by atoms with Crippen LogP contribution < -0.4 is 16.0 Å².